The van der Waals surface area contributed by atoms with Crippen molar-refractivity contribution in [2.45, 2.75) is 6.92 Å². The molecule has 1 aliphatic rings. The summed E-state index contributed by atoms with van der Waals surface area (Å²) in [6, 6.07) is 7.79. The Hall–Kier alpha value is -1.75. The van der Waals surface area contributed by atoms with Crippen molar-refractivity contribution in [3.63, 3.8) is 0 Å². The third-order valence-electron chi connectivity index (χ3n) is 2.78. The van der Waals surface area contributed by atoms with E-state index >= 15 is 0 Å². The number of nitrogens with one attached hydrogen (secondary N) is 1. The van der Waals surface area contributed by atoms with Crippen molar-refractivity contribution in [2.24, 2.45) is 0 Å². The molecule has 3 rings (SSSR count). The van der Waals surface area contributed by atoms with Crippen LogP contribution < -0.4 is 14.8 Å². The molecule has 98 valence electrons. The van der Waals surface area contributed by atoms with Crippen LogP contribution in [0.25, 0.3) is 0 Å². The van der Waals surface area contributed by atoms with Crippen LogP contribution in [0.5, 0.6) is 11.5 Å². The number of hydrogen-bond acceptors (Lipinski definition) is 4. The number of aromatic nitrogens is 1. The van der Waals surface area contributed by atoms with Crippen molar-refractivity contribution in [1.29, 1.82) is 0 Å². The monoisotopic (exact) mass is 320 g/mol. The van der Waals surface area contributed by atoms with E-state index in [4.69, 9.17) is 9.47 Å². The standard InChI is InChI=1S/C14H13BrN2O2/c1-9-6-11(15)14(16-8-9)17-10-2-3-12-13(7-10)19-5-4-18-12/h2-3,6-8H,4-5H2,1H3,(H,16,17). The van der Waals surface area contributed by atoms with Crippen molar-refractivity contribution in [1.82, 2.24) is 4.98 Å². The fraction of sp³-hybridized carbons (Fsp3) is 0.214. The van der Waals surface area contributed by atoms with Gasteiger partial charge in [0.15, 0.2) is 11.5 Å². The molecular formula is C14H13BrN2O2. The lowest BCUT2D eigenvalue weighted by atomic mass is 10.2. The highest BCUT2D eigenvalue weighted by molar-refractivity contribution is 9.10. The van der Waals surface area contributed by atoms with Gasteiger partial charge in [-0.3, -0.25) is 0 Å². The lowest BCUT2D eigenvalue weighted by Crippen LogP contribution is -2.15. The number of aryl methyl sites for hydroxylation is 1. The first-order valence-corrected chi connectivity index (χ1v) is 6.80. The first kappa shape index (κ1) is 12.3. The largest absolute Gasteiger partial charge is 0.486 e. The van der Waals surface area contributed by atoms with Gasteiger partial charge in [-0.25, -0.2) is 4.98 Å². The van der Waals surface area contributed by atoms with Gasteiger partial charge in [0.05, 0.1) is 4.47 Å². The van der Waals surface area contributed by atoms with Gasteiger partial charge in [0.25, 0.3) is 0 Å². The van der Waals surface area contributed by atoms with Crippen LogP contribution in [0.3, 0.4) is 0 Å². The van der Waals surface area contributed by atoms with Gasteiger partial charge < -0.3 is 14.8 Å². The molecule has 5 heteroatoms. The van der Waals surface area contributed by atoms with Gasteiger partial charge in [0, 0.05) is 18.0 Å². The summed E-state index contributed by atoms with van der Waals surface area (Å²) < 4.78 is 12.0. The zero-order valence-corrected chi connectivity index (χ0v) is 12.0. The van der Waals surface area contributed by atoms with E-state index in [0.29, 0.717) is 13.2 Å². The molecule has 0 bridgehead atoms. The summed E-state index contributed by atoms with van der Waals surface area (Å²) in [6.07, 6.45) is 1.82. The van der Waals surface area contributed by atoms with E-state index in [9.17, 15) is 0 Å². The second-order valence-electron chi connectivity index (χ2n) is 4.33. The Balaban J connectivity index is 1.87. The molecule has 0 radical (unpaired) electrons. The first-order chi connectivity index (χ1) is 9.22. The third-order valence-corrected chi connectivity index (χ3v) is 3.39. The summed E-state index contributed by atoms with van der Waals surface area (Å²) in [6.45, 7) is 3.19. The number of ether oxygens (including phenoxy) is 2. The van der Waals surface area contributed by atoms with Gasteiger partial charge in [-0.05, 0) is 46.6 Å². The maximum Gasteiger partial charge on any atom is 0.163 e. The highest BCUT2D eigenvalue weighted by atomic mass is 79.9. The Morgan fingerprint density at radius 3 is 2.74 bits per heavy atom. The van der Waals surface area contributed by atoms with Gasteiger partial charge in [-0.15, -0.1) is 0 Å². The summed E-state index contributed by atoms with van der Waals surface area (Å²) in [5.41, 5.74) is 2.03. The number of halogens is 1. The van der Waals surface area contributed by atoms with E-state index in [1.165, 1.54) is 0 Å². The van der Waals surface area contributed by atoms with Crippen LogP contribution in [-0.4, -0.2) is 18.2 Å². The van der Waals surface area contributed by atoms with Crippen molar-refractivity contribution in [3.05, 3.63) is 40.5 Å². The van der Waals surface area contributed by atoms with Gasteiger partial charge in [0.1, 0.15) is 19.0 Å². The molecule has 0 atom stereocenters. The highest BCUT2D eigenvalue weighted by Crippen LogP contribution is 2.34. The van der Waals surface area contributed by atoms with E-state index in [-0.39, 0.29) is 0 Å². The second kappa shape index (κ2) is 5.09. The number of pyridine rings is 1. The molecule has 1 aromatic carbocycles. The summed E-state index contributed by atoms with van der Waals surface area (Å²) in [7, 11) is 0. The summed E-state index contributed by atoms with van der Waals surface area (Å²) in [5.74, 6) is 2.33. The van der Waals surface area contributed by atoms with Crippen molar-refractivity contribution < 1.29 is 9.47 Å². The van der Waals surface area contributed by atoms with Crippen LogP contribution in [0.4, 0.5) is 11.5 Å². The first-order valence-electron chi connectivity index (χ1n) is 6.01. The number of anilines is 2. The van der Waals surface area contributed by atoms with Crippen LogP contribution in [0, 0.1) is 6.92 Å². The van der Waals surface area contributed by atoms with Crippen LogP contribution in [0.2, 0.25) is 0 Å². The highest BCUT2D eigenvalue weighted by Gasteiger charge is 2.12. The molecule has 1 N–H and O–H groups in total. The number of nitrogens with zero attached hydrogens (tertiary/aromatic N) is 1. The normalized spacial score (nSPS) is 13.2. The Kier molecular flexibility index (Phi) is 3.29. The molecule has 0 saturated heterocycles. The van der Waals surface area contributed by atoms with Crippen molar-refractivity contribution in [3.8, 4) is 11.5 Å². The van der Waals surface area contributed by atoms with Gasteiger partial charge in [-0.1, -0.05) is 0 Å². The SMILES string of the molecule is Cc1cnc(Nc2ccc3c(c2)OCCO3)c(Br)c1. The lowest BCUT2D eigenvalue weighted by Gasteiger charge is -2.19. The second-order valence-corrected chi connectivity index (χ2v) is 5.18. The minimum absolute atomic E-state index is 0.586. The Morgan fingerprint density at radius 2 is 1.95 bits per heavy atom. The summed E-state index contributed by atoms with van der Waals surface area (Å²) in [5, 5.41) is 3.26. The zero-order chi connectivity index (χ0) is 13.2. The predicted octanol–water partition coefficient (Wildman–Crippen LogP) is 3.67. The Labute approximate surface area is 119 Å². The minimum Gasteiger partial charge on any atom is -0.486 e. The average molecular weight is 321 g/mol. The number of hydrogen-bond donors (Lipinski definition) is 1. The number of rotatable bonds is 2. The van der Waals surface area contributed by atoms with E-state index in [1.54, 1.807) is 0 Å². The Morgan fingerprint density at radius 1 is 1.16 bits per heavy atom. The predicted molar refractivity (Wildman–Crippen MR) is 77.4 cm³/mol. The topological polar surface area (TPSA) is 43.4 Å². The maximum atomic E-state index is 5.55. The summed E-state index contributed by atoms with van der Waals surface area (Å²) >= 11 is 3.50. The van der Waals surface area contributed by atoms with E-state index < -0.39 is 0 Å². The fourth-order valence-electron chi connectivity index (χ4n) is 1.88. The van der Waals surface area contributed by atoms with Crippen molar-refractivity contribution >= 4 is 27.4 Å². The Bertz CT molecular complexity index is 616. The van der Waals surface area contributed by atoms with Crippen LogP contribution in [0.15, 0.2) is 34.9 Å². The molecule has 0 amide bonds. The molecule has 1 aromatic heterocycles. The molecule has 0 unspecified atom stereocenters. The molecule has 0 spiro atoms. The zero-order valence-electron chi connectivity index (χ0n) is 10.4. The lowest BCUT2D eigenvalue weighted by molar-refractivity contribution is 0.171. The summed E-state index contributed by atoms with van der Waals surface area (Å²) in [4.78, 5) is 4.36. The number of benzene rings is 1. The van der Waals surface area contributed by atoms with Crippen LogP contribution in [0.1, 0.15) is 5.56 Å². The molecule has 4 nitrogen and oxygen atoms in total. The van der Waals surface area contributed by atoms with E-state index in [0.717, 1.165) is 33.0 Å². The van der Waals surface area contributed by atoms with E-state index in [1.807, 2.05) is 37.4 Å². The minimum atomic E-state index is 0.586. The fourth-order valence-corrected chi connectivity index (χ4v) is 2.45. The number of fused-ring (bicyclic) bond motifs is 1. The van der Waals surface area contributed by atoms with E-state index in [2.05, 4.69) is 26.2 Å². The smallest absolute Gasteiger partial charge is 0.163 e. The molecule has 0 aliphatic carbocycles. The molecule has 2 heterocycles. The van der Waals surface area contributed by atoms with Gasteiger partial charge in [0.2, 0.25) is 0 Å². The molecule has 1 aliphatic heterocycles. The van der Waals surface area contributed by atoms with Crippen molar-refractivity contribution in [2.75, 3.05) is 18.5 Å². The maximum absolute atomic E-state index is 5.55. The van der Waals surface area contributed by atoms with Crippen LogP contribution >= 0.6 is 15.9 Å². The molecule has 2 aromatic rings. The van der Waals surface area contributed by atoms with Gasteiger partial charge in [-0.2, -0.15) is 0 Å². The molecule has 19 heavy (non-hydrogen) atoms. The van der Waals surface area contributed by atoms with Crippen LogP contribution in [-0.2, 0) is 0 Å². The molecule has 0 saturated carbocycles. The van der Waals surface area contributed by atoms with Gasteiger partial charge >= 0.3 is 0 Å². The average Bonchev–Trinajstić information content (AvgIpc) is 2.42. The molecule has 0 fully saturated rings. The third kappa shape index (κ3) is 2.66. The quantitative estimate of drug-likeness (QED) is 0.916. The molecular weight excluding hydrogens is 308 g/mol.